The Hall–Kier alpha value is -0.670. The third kappa shape index (κ3) is 2.42. The number of ketones is 1. The van der Waals surface area contributed by atoms with Crippen LogP contribution in [0.3, 0.4) is 0 Å². The van der Waals surface area contributed by atoms with Crippen LogP contribution in [0.1, 0.15) is 35.4 Å². The molecule has 0 bridgehead atoms. The van der Waals surface area contributed by atoms with E-state index in [1.807, 2.05) is 17.5 Å². The van der Waals surface area contributed by atoms with Gasteiger partial charge in [0.2, 0.25) is 0 Å². The Balaban J connectivity index is 1.78. The Morgan fingerprint density at radius 1 is 1.64 bits per heavy atom. The summed E-state index contributed by atoms with van der Waals surface area (Å²) in [5, 5.41) is 1.94. The minimum Gasteiger partial charge on any atom is -0.378 e. The number of hydrogen-bond acceptors (Lipinski definition) is 3. The first-order valence-corrected chi connectivity index (χ1v) is 5.92. The first-order valence-electron chi connectivity index (χ1n) is 5.04. The third-order valence-corrected chi connectivity index (χ3v) is 3.42. The summed E-state index contributed by atoms with van der Waals surface area (Å²) in [6.45, 7) is 0.873. The first kappa shape index (κ1) is 9.87. The van der Waals surface area contributed by atoms with E-state index in [9.17, 15) is 4.79 Å². The molecule has 1 aliphatic heterocycles. The van der Waals surface area contributed by atoms with Gasteiger partial charge in [0.25, 0.3) is 0 Å². The van der Waals surface area contributed by atoms with E-state index >= 15 is 0 Å². The Morgan fingerprint density at radius 3 is 3.21 bits per heavy atom. The minimum absolute atomic E-state index is 0.260. The van der Waals surface area contributed by atoms with Gasteiger partial charge in [0.1, 0.15) is 0 Å². The maximum atomic E-state index is 11.6. The van der Waals surface area contributed by atoms with E-state index in [-0.39, 0.29) is 5.78 Å². The quantitative estimate of drug-likeness (QED) is 0.714. The summed E-state index contributed by atoms with van der Waals surface area (Å²) in [5.41, 5.74) is 0. The molecule has 0 aliphatic carbocycles. The van der Waals surface area contributed by atoms with Crippen LogP contribution in [0.2, 0.25) is 0 Å². The Kier molecular flexibility index (Phi) is 3.32. The molecule has 14 heavy (non-hydrogen) atoms. The molecule has 2 heterocycles. The molecule has 1 saturated heterocycles. The Morgan fingerprint density at radius 2 is 2.57 bits per heavy atom. The van der Waals surface area contributed by atoms with Crippen molar-refractivity contribution in [2.45, 2.75) is 31.8 Å². The fourth-order valence-electron chi connectivity index (χ4n) is 1.72. The number of carbonyl (C=O) groups excluding carboxylic acids is 1. The van der Waals surface area contributed by atoms with Crippen LogP contribution in [-0.4, -0.2) is 18.5 Å². The van der Waals surface area contributed by atoms with Crippen molar-refractivity contribution in [3.8, 4) is 0 Å². The topological polar surface area (TPSA) is 26.3 Å². The van der Waals surface area contributed by atoms with Gasteiger partial charge in [-0.05, 0) is 30.7 Å². The van der Waals surface area contributed by atoms with Crippen LogP contribution in [0.4, 0.5) is 0 Å². The first-order chi connectivity index (χ1) is 6.86. The normalized spacial score (nSPS) is 21.3. The van der Waals surface area contributed by atoms with Crippen molar-refractivity contribution in [1.29, 1.82) is 0 Å². The lowest BCUT2D eigenvalue weighted by Gasteiger charge is -2.06. The average Bonchev–Trinajstić information content (AvgIpc) is 2.87. The zero-order valence-electron chi connectivity index (χ0n) is 8.07. The third-order valence-electron chi connectivity index (χ3n) is 2.51. The number of hydrogen-bond donors (Lipinski definition) is 0. The molecule has 2 nitrogen and oxygen atoms in total. The van der Waals surface area contributed by atoms with Crippen LogP contribution in [0.5, 0.6) is 0 Å². The van der Waals surface area contributed by atoms with Crippen LogP contribution in [0.25, 0.3) is 0 Å². The lowest BCUT2D eigenvalue weighted by Crippen LogP contribution is -2.07. The van der Waals surface area contributed by atoms with Crippen LogP contribution in [0, 0.1) is 0 Å². The molecule has 2 rings (SSSR count). The number of Topliss-reactive ketones (excluding diaryl/α,β-unsaturated/α-hetero) is 1. The van der Waals surface area contributed by atoms with E-state index in [1.165, 1.54) is 11.3 Å². The number of thiophene rings is 1. The van der Waals surface area contributed by atoms with E-state index < -0.39 is 0 Å². The summed E-state index contributed by atoms with van der Waals surface area (Å²) in [4.78, 5) is 12.5. The standard InChI is InChI=1S/C11H14O2S/c12-10(11-4-2-8-14-11)6-5-9-3-1-7-13-9/h2,4,8-9H,1,3,5-7H2. The molecule has 0 spiro atoms. The summed E-state index contributed by atoms with van der Waals surface area (Å²) < 4.78 is 5.47. The van der Waals surface area contributed by atoms with Crippen molar-refractivity contribution in [3.05, 3.63) is 22.4 Å². The number of ether oxygens (including phenoxy) is 1. The van der Waals surface area contributed by atoms with Crippen molar-refractivity contribution in [2.75, 3.05) is 6.61 Å². The summed E-state index contributed by atoms with van der Waals surface area (Å²) in [5.74, 6) is 0.260. The predicted molar refractivity (Wildman–Crippen MR) is 56.9 cm³/mol. The molecule has 1 aromatic rings. The number of rotatable bonds is 4. The van der Waals surface area contributed by atoms with Gasteiger partial charge >= 0.3 is 0 Å². The van der Waals surface area contributed by atoms with Gasteiger partial charge in [0, 0.05) is 13.0 Å². The van der Waals surface area contributed by atoms with Crippen molar-refractivity contribution in [2.24, 2.45) is 0 Å². The molecule has 1 unspecified atom stereocenters. The van der Waals surface area contributed by atoms with E-state index in [0.717, 1.165) is 30.7 Å². The number of carbonyl (C=O) groups is 1. The van der Waals surface area contributed by atoms with Crippen LogP contribution in [-0.2, 0) is 4.74 Å². The van der Waals surface area contributed by atoms with Crippen LogP contribution in [0.15, 0.2) is 17.5 Å². The lowest BCUT2D eigenvalue weighted by atomic mass is 10.1. The van der Waals surface area contributed by atoms with E-state index in [4.69, 9.17) is 4.74 Å². The molecule has 1 atom stereocenters. The highest BCUT2D eigenvalue weighted by atomic mass is 32.1. The fourth-order valence-corrected chi connectivity index (χ4v) is 2.42. The predicted octanol–water partition coefficient (Wildman–Crippen LogP) is 2.89. The lowest BCUT2D eigenvalue weighted by molar-refractivity contribution is 0.0862. The summed E-state index contributed by atoms with van der Waals surface area (Å²) in [6, 6.07) is 3.81. The molecular formula is C11H14O2S. The second kappa shape index (κ2) is 4.71. The van der Waals surface area contributed by atoms with Gasteiger partial charge < -0.3 is 4.74 Å². The molecular weight excluding hydrogens is 196 g/mol. The van der Waals surface area contributed by atoms with Crippen molar-refractivity contribution >= 4 is 17.1 Å². The van der Waals surface area contributed by atoms with Crippen molar-refractivity contribution in [1.82, 2.24) is 0 Å². The maximum Gasteiger partial charge on any atom is 0.172 e. The van der Waals surface area contributed by atoms with Crippen LogP contribution < -0.4 is 0 Å². The zero-order valence-corrected chi connectivity index (χ0v) is 8.89. The second-order valence-corrected chi connectivity index (χ2v) is 4.52. The molecule has 1 aromatic heterocycles. The molecule has 1 fully saturated rings. The smallest absolute Gasteiger partial charge is 0.172 e. The molecule has 3 heteroatoms. The molecule has 1 aliphatic rings. The highest BCUT2D eigenvalue weighted by Crippen LogP contribution is 2.19. The minimum atomic E-state index is 0.260. The van der Waals surface area contributed by atoms with Crippen molar-refractivity contribution < 1.29 is 9.53 Å². The SMILES string of the molecule is O=C(CCC1CCCO1)c1cccs1. The highest BCUT2D eigenvalue weighted by molar-refractivity contribution is 7.12. The summed E-state index contributed by atoms with van der Waals surface area (Å²) in [7, 11) is 0. The highest BCUT2D eigenvalue weighted by Gasteiger charge is 2.17. The van der Waals surface area contributed by atoms with Crippen molar-refractivity contribution in [3.63, 3.8) is 0 Å². The molecule has 0 amide bonds. The molecule has 0 N–H and O–H groups in total. The Labute approximate surface area is 87.9 Å². The van der Waals surface area contributed by atoms with Gasteiger partial charge in [-0.15, -0.1) is 11.3 Å². The van der Waals surface area contributed by atoms with Gasteiger partial charge in [-0.3, -0.25) is 4.79 Å². The van der Waals surface area contributed by atoms with Gasteiger partial charge in [-0.25, -0.2) is 0 Å². The van der Waals surface area contributed by atoms with Gasteiger partial charge in [-0.1, -0.05) is 6.07 Å². The fraction of sp³-hybridized carbons (Fsp3) is 0.545. The molecule has 0 radical (unpaired) electrons. The van der Waals surface area contributed by atoms with E-state index in [1.54, 1.807) is 0 Å². The zero-order chi connectivity index (χ0) is 9.80. The van der Waals surface area contributed by atoms with E-state index in [2.05, 4.69) is 0 Å². The van der Waals surface area contributed by atoms with E-state index in [0.29, 0.717) is 12.5 Å². The summed E-state index contributed by atoms with van der Waals surface area (Å²) >= 11 is 1.52. The second-order valence-electron chi connectivity index (χ2n) is 3.57. The molecule has 0 saturated carbocycles. The summed E-state index contributed by atoms with van der Waals surface area (Å²) in [6.07, 6.45) is 4.12. The van der Waals surface area contributed by atoms with Gasteiger partial charge in [0.15, 0.2) is 5.78 Å². The monoisotopic (exact) mass is 210 g/mol. The maximum absolute atomic E-state index is 11.6. The Bertz CT molecular complexity index is 286. The molecule has 76 valence electrons. The van der Waals surface area contributed by atoms with Gasteiger partial charge in [-0.2, -0.15) is 0 Å². The van der Waals surface area contributed by atoms with Crippen LogP contribution >= 0.6 is 11.3 Å². The largest absolute Gasteiger partial charge is 0.378 e. The average molecular weight is 210 g/mol. The molecule has 0 aromatic carbocycles. The van der Waals surface area contributed by atoms with Gasteiger partial charge in [0.05, 0.1) is 11.0 Å².